The van der Waals surface area contributed by atoms with Crippen molar-refractivity contribution in [3.05, 3.63) is 24.3 Å². The Morgan fingerprint density at radius 3 is 2.62 bits per heavy atom. The predicted octanol–water partition coefficient (Wildman–Crippen LogP) is 2.58. The molecular weight excluding hydrogens is 314 g/mol. The summed E-state index contributed by atoms with van der Waals surface area (Å²) in [6.45, 7) is -1.29. The largest absolute Gasteiger partial charge is 0.433 e. The molecule has 5 nitrogen and oxygen atoms in total. The molecule has 24 heavy (non-hydrogen) atoms. The number of benzene rings is 1. The molecule has 0 radical (unpaired) electrons. The van der Waals surface area contributed by atoms with E-state index in [4.69, 9.17) is 0 Å². The maximum absolute atomic E-state index is 12.6. The zero-order valence-electron chi connectivity index (χ0n) is 13.8. The summed E-state index contributed by atoms with van der Waals surface area (Å²) in [5.74, 6) is 1.05. The van der Waals surface area contributed by atoms with Crippen LogP contribution in [0.1, 0.15) is 25.7 Å². The highest BCUT2D eigenvalue weighted by molar-refractivity contribution is 5.80. The number of ether oxygens (including phenoxy) is 1. The van der Waals surface area contributed by atoms with Gasteiger partial charge in [-0.15, -0.1) is 0 Å². The van der Waals surface area contributed by atoms with Crippen LogP contribution in [-0.4, -0.2) is 44.8 Å². The summed E-state index contributed by atoms with van der Waals surface area (Å²) in [5, 5.41) is 6.85. The van der Waals surface area contributed by atoms with Gasteiger partial charge in [0.2, 0.25) is 0 Å². The lowest BCUT2D eigenvalue weighted by Gasteiger charge is -2.29. The van der Waals surface area contributed by atoms with Gasteiger partial charge in [-0.25, -0.2) is 0 Å². The first kappa shape index (κ1) is 16.8. The molecule has 1 aromatic rings. The number of hydrogen-bond donors (Lipinski definition) is 2. The van der Waals surface area contributed by atoms with Crippen molar-refractivity contribution in [3.8, 4) is 5.75 Å². The summed E-state index contributed by atoms with van der Waals surface area (Å²) in [7, 11) is 1.77. The van der Waals surface area contributed by atoms with Crippen molar-refractivity contribution in [2.24, 2.45) is 4.99 Å². The molecule has 7 heteroatoms. The quantitative estimate of drug-likeness (QED) is 0.640. The third-order valence-corrected chi connectivity index (χ3v) is 4.62. The minimum Gasteiger partial charge on any atom is -0.433 e. The van der Waals surface area contributed by atoms with Crippen LogP contribution in [0.15, 0.2) is 29.3 Å². The maximum Gasteiger partial charge on any atom is 0.387 e. The molecule has 2 aliphatic rings. The number of para-hydroxylation sites is 2. The van der Waals surface area contributed by atoms with Gasteiger partial charge in [-0.05, 0) is 37.8 Å². The molecule has 132 valence electrons. The Hall–Kier alpha value is -2.05. The van der Waals surface area contributed by atoms with Crippen LogP contribution in [0, 0.1) is 0 Å². The molecule has 1 aliphatic heterocycles. The Bertz CT molecular complexity index is 577. The second-order valence-corrected chi connectivity index (χ2v) is 6.27. The van der Waals surface area contributed by atoms with Crippen molar-refractivity contribution in [1.29, 1.82) is 0 Å². The minimum atomic E-state index is -2.81. The fraction of sp³-hybridized carbons (Fsp3) is 0.588. The normalized spacial score (nSPS) is 21.8. The molecule has 3 rings (SSSR count). The Morgan fingerprint density at radius 2 is 1.96 bits per heavy atom. The highest BCUT2D eigenvalue weighted by Crippen LogP contribution is 2.31. The molecule has 1 heterocycles. The summed E-state index contributed by atoms with van der Waals surface area (Å²) in [5.41, 5.74) is 0.712. The lowest BCUT2D eigenvalue weighted by Crippen LogP contribution is -2.50. The van der Waals surface area contributed by atoms with Gasteiger partial charge in [-0.3, -0.25) is 4.99 Å². The van der Waals surface area contributed by atoms with E-state index in [1.807, 2.05) is 12.1 Å². The summed E-state index contributed by atoms with van der Waals surface area (Å²) in [4.78, 5) is 6.36. The van der Waals surface area contributed by atoms with E-state index >= 15 is 0 Å². The van der Waals surface area contributed by atoms with Crippen LogP contribution in [0.5, 0.6) is 5.75 Å². The highest BCUT2D eigenvalue weighted by Gasteiger charge is 2.27. The third-order valence-electron chi connectivity index (χ3n) is 4.62. The Balaban J connectivity index is 1.59. The average Bonchev–Trinajstić information content (AvgIpc) is 2.98. The van der Waals surface area contributed by atoms with E-state index in [9.17, 15) is 8.78 Å². The number of aliphatic imine (C=N–C) groups is 1. The summed E-state index contributed by atoms with van der Waals surface area (Å²) in [6, 6.07) is 7.70. The molecule has 1 saturated carbocycles. The molecule has 0 aromatic heterocycles. The van der Waals surface area contributed by atoms with Gasteiger partial charge < -0.3 is 20.3 Å². The standard InChI is InChI=1S/C17H24F2N4O/c1-20-17(21-12-5-4-6-12)22-13-9-10-23(11-13)14-7-2-3-8-15(14)24-16(18)19/h2-3,7-8,12-13,16H,4-6,9-11H2,1H3,(H2,20,21,22). The highest BCUT2D eigenvalue weighted by atomic mass is 19.3. The van der Waals surface area contributed by atoms with E-state index in [1.54, 1.807) is 19.2 Å². The fourth-order valence-electron chi connectivity index (χ4n) is 3.12. The van der Waals surface area contributed by atoms with Gasteiger partial charge >= 0.3 is 6.61 Å². The van der Waals surface area contributed by atoms with E-state index in [2.05, 4.69) is 25.3 Å². The van der Waals surface area contributed by atoms with Gasteiger partial charge in [-0.1, -0.05) is 12.1 Å². The Morgan fingerprint density at radius 1 is 1.21 bits per heavy atom. The number of nitrogens with zero attached hydrogens (tertiary/aromatic N) is 2. The lowest BCUT2D eigenvalue weighted by molar-refractivity contribution is -0.0495. The summed E-state index contributed by atoms with van der Waals surface area (Å²) < 4.78 is 29.8. The first-order valence-corrected chi connectivity index (χ1v) is 8.44. The maximum atomic E-state index is 12.6. The first-order chi connectivity index (χ1) is 11.7. The number of nitrogens with one attached hydrogen (secondary N) is 2. The van der Waals surface area contributed by atoms with Gasteiger partial charge in [0.25, 0.3) is 0 Å². The molecule has 0 amide bonds. The van der Waals surface area contributed by atoms with E-state index in [0.29, 0.717) is 11.7 Å². The SMILES string of the molecule is CN=C(NC1CCC1)NC1CCN(c2ccccc2OC(F)F)C1. The van der Waals surface area contributed by atoms with Crippen molar-refractivity contribution in [2.75, 3.05) is 25.0 Å². The molecule has 2 N–H and O–H groups in total. The van der Waals surface area contributed by atoms with Crippen LogP contribution < -0.4 is 20.3 Å². The van der Waals surface area contributed by atoms with Gasteiger partial charge in [-0.2, -0.15) is 8.78 Å². The van der Waals surface area contributed by atoms with E-state index in [-0.39, 0.29) is 11.8 Å². The number of anilines is 1. The van der Waals surface area contributed by atoms with Gasteiger partial charge in [0, 0.05) is 32.2 Å². The zero-order valence-corrected chi connectivity index (χ0v) is 13.8. The van der Waals surface area contributed by atoms with Crippen molar-refractivity contribution >= 4 is 11.6 Å². The number of alkyl halides is 2. The molecule has 1 unspecified atom stereocenters. The van der Waals surface area contributed by atoms with Crippen molar-refractivity contribution in [1.82, 2.24) is 10.6 Å². The van der Waals surface area contributed by atoms with E-state index < -0.39 is 6.61 Å². The molecule has 1 aromatic carbocycles. The molecule has 1 saturated heterocycles. The van der Waals surface area contributed by atoms with Crippen LogP contribution in [-0.2, 0) is 0 Å². The molecule has 1 atom stereocenters. The zero-order chi connectivity index (χ0) is 16.9. The van der Waals surface area contributed by atoms with Crippen LogP contribution in [0.25, 0.3) is 0 Å². The number of guanidine groups is 1. The first-order valence-electron chi connectivity index (χ1n) is 8.44. The number of halogens is 2. The van der Waals surface area contributed by atoms with Gasteiger partial charge in [0.15, 0.2) is 5.96 Å². The number of hydrogen-bond acceptors (Lipinski definition) is 3. The second kappa shape index (κ2) is 7.68. The molecule has 2 fully saturated rings. The van der Waals surface area contributed by atoms with E-state index in [0.717, 1.165) is 25.5 Å². The number of rotatable bonds is 5. The van der Waals surface area contributed by atoms with Crippen molar-refractivity contribution < 1.29 is 13.5 Å². The molecule has 0 bridgehead atoms. The van der Waals surface area contributed by atoms with Crippen LogP contribution in [0.2, 0.25) is 0 Å². The molecular formula is C17H24F2N4O. The Labute approximate surface area is 141 Å². The third kappa shape index (κ3) is 4.07. The topological polar surface area (TPSA) is 48.9 Å². The van der Waals surface area contributed by atoms with Crippen molar-refractivity contribution in [2.45, 2.75) is 44.4 Å². The van der Waals surface area contributed by atoms with Crippen LogP contribution in [0.3, 0.4) is 0 Å². The van der Waals surface area contributed by atoms with Gasteiger partial charge in [0.1, 0.15) is 5.75 Å². The van der Waals surface area contributed by atoms with Gasteiger partial charge in [0.05, 0.1) is 5.69 Å². The molecule has 0 spiro atoms. The summed E-state index contributed by atoms with van der Waals surface area (Å²) in [6.07, 6.45) is 4.58. The lowest BCUT2D eigenvalue weighted by atomic mass is 9.93. The van der Waals surface area contributed by atoms with Crippen LogP contribution >= 0.6 is 0 Å². The second-order valence-electron chi connectivity index (χ2n) is 6.27. The smallest absolute Gasteiger partial charge is 0.387 e. The molecule has 1 aliphatic carbocycles. The fourth-order valence-corrected chi connectivity index (χ4v) is 3.12. The van der Waals surface area contributed by atoms with E-state index in [1.165, 1.54) is 19.3 Å². The Kier molecular flexibility index (Phi) is 5.37. The monoisotopic (exact) mass is 338 g/mol. The minimum absolute atomic E-state index is 0.227. The predicted molar refractivity (Wildman–Crippen MR) is 91.0 cm³/mol. The summed E-state index contributed by atoms with van der Waals surface area (Å²) >= 11 is 0. The average molecular weight is 338 g/mol. The van der Waals surface area contributed by atoms with Crippen molar-refractivity contribution in [3.63, 3.8) is 0 Å². The van der Waals surface area contributed by atoms with Crippen LogP contribution in [0.4, 0.5) is 14.5 Å².